The molecule has 2 aromatic carbocycles. The van der Waals surface area contributed by atoms with Crippen LogP contribution in [-0.2, 0) is 7.05 Å². The van der Waals surface area contributed by atoms with Gasteiger partial charge in [0.1, 0.15) is 13.2 Å². The van der Waals surface area contributed by atoms with Crippen LogP contribution in [0.2, 0.25) is 0 Å². The number of hydrogen-bond donors (Lipinski definition) is 1. The van der Waals surface area contributed by atoms with Crippen molar-refractivity contribution in [3.05, 3.63) is 58.5 Å². The quantitative estimate of drug-likeness (QED) is 0.701. The molecule has 3 heterocycles. The van der Waals surface area contributed by atoms with Gasteiger partial charge in [-0.25, -0.2) is 4.68 Å². The van der Waals surface area contributed by atoms with Gasteiger partial charge >= 0.3 is 0 Å². The number of amides is 1. The van der Waals surface area contributed by atoms with E-state index in [9.17, 15) is 9.59 Å². The number of aromatic nitrogens is 2. The third kappa shape index (κ3) is 3.69. The van der Waals surface area contributed by atoms with E-state index in [2.05, 4.69) is 10.4 Å². The number of likely N-dealkylation sites (tertiary alicyclic amines) is 1. The van der Waals surface area contributed by atoms with E-state index in [-0.39, 0.29) is 17.5 Å². The Hall–Kier alpha value is -3.55. The van der Waals surface area contributed by atoms with E-state index in [1.165, 1.54) is 4.68 Å². The van der Waals surface area contributed by atoms with E-state index >= 15 is 0 Å². The minimum absolute atomic E-state index is 0.110. The molecule has 2 aliphatic heterocycles. The zero-order valence-electron chi connectivity index (χ0n) is 17.3. The Bertz CT molecular complexity index is 1210. The number of carbonyl (C=O) groups is 1. The van der Waals surface area contributed by atoms with E-state index in [0.29, 0.717) is 42.8 Å². The molecule has 31 heavy (non-hydrogen) atoms. The van der Waals surface area contributed by atoms with Crippen molar-refractivity contribution in [2.24, 2.45) is 7.05 Å². The van der Waals surface area contributed by atoms with Crippen LogP contribution in [0.3, 0.4) is 0 Å². The number of rotatable bonds is 3. The lowest BCUT2D eigenvalue weighted by atomic mass is 10.0. The van der Waals surface area contributed by atoms with Crippen LogP contribution in [0.4, 0.5) is 5.69 Å². The van der Waals surface area contributed by atoms with Gasteiger partial charge in [0.05, 0.1) is 5.39 Å². The molecule has 3 aromatic rings. The SMILES string of the molecule is Cn1nc(C(=O)N2CCCC(Nc3ccc4c(c3)OCCO4)C2)c2ccccc2c1=O. The first kappa shape index (κ1) is 19.4. The van der Waals surface area contributed by atoms with Crippen LogP contribution in [0.15, 0.2) is 47.3 Å². The van der Waals surface area contributed by atoms with Crippen molar-refractivity contribution in [1.82, 2.24) is 14.7 Å². The molecule has 1 fully saturated rings. The largest absolute Gasteiger partial charge is 0.486 e. The Morgan fingerprint density at radius 3 is 2.71 bits per heavy atom. The predicted octanol–water partition coefficient (Wildman–Crippen LogP) is 2.42. The van der Waals surface area contributed by atoms with Gasteiger partial charge in [0.15, 0.2) is 17.2 Å². The Morgan fingerprint density at radius 2 is 1.87 bits per heavy atom. The number of piperidine rings is 1. The minimum atomic E-state index is -0.205. The molecule has 8 nitrogen and oxygen atoms in total. The lowest BCUT2D eigenvalue weighted by Crippen LogP contribution is -2.45. The smallest absolute Gasteiger partial charge is 0.275 e. The van der Waals surface area contributed by atoms with E-state index in [1.807, 2.05) is 29.2 Å². The maximum absolute atomic E-state index is 13.4. The van der Waals surface area contributed by atoms with Gasteiger partial charge < -0.3 is 19.7 Å². The molecule has 0 saturated carbocycles. The van der Waals surface area contributed by atoms with Crippen molar-refractivity contribution in [2.45, 2.75) is 18.9 Å². The molecule has 1 amide bonds. The summed E-state index contributed by atoms with van der Waals surface area (Å²) in [6.45, 7) is 2.33. The third-order valence-corrected chi connectivity index (χ3v) is 5.78. The number of benzene rings is 2. The molecule has 160 valence electrons. The van der Waals surface area contributed by atoms with Crippen LogP contribution >= 0.6 is 0 Å². The molecule has 1 atom stereocenters. The third-order valence-electron chi connectivity index (χ3n) is 5.78. The average molecular weight is 420 g/mol. The molecule has 5 rings (SSSR count). The van der Waals surface area contributed by atoms with Crippen molar-refractivity contribution in [2.75, 3.05) is 31.6 Å². The molecule has 0 aliphatic carbocycles. The second-order valence-corrected chi connectivity index (χ2v) is 7.92. The van der Waals surface area contributed by atoms with E-state index in [4.69, 9.17) is 9.47 Å². The van der Waals surface area contributed by atoms with Crippen molar-refractivity contribution < 1.29 is 14.3 Å². The first-order valence-corrected chi connectivity index (χ1v) is 10.5. The van der Waals surface area contributed by atoms with Gasteiger partial charge in [0.2, 0.25) is 0 Å². The molecular formula is C23H24N4O4. The van der Waals surface area contributed by atoms with Gasteiger partial charge in [-0.05, 0) is 31.0 Å². The van der Waals surface area contributed by atoms with Gasteiger partial charge in [0.25, 0.3) is 11.5 Å². The topological polar surface area (TPSA) is 85.7 Å². The van der Waals surface area contributed by atoms with Crippen molar-refractivity contribution in [3.63, 3.8) is 0 Å². The van der Waals surface area contributed by atoms with E-state index < -0.39 is 0 Å². The van der Waals surface area contributed by atoms with Gasteiger partial charge in [0, 0.05) is 43.3 Å². The minimum Gasteiger partial charge on any atom is -0.486 e. The summed E-state index contributed by atoms with van der Waals surface area (Å²) in [5.41, 5.74) is 1.05. The van der Waals surface area contributed by atoms with Gasteiger partial charge in [-0.3, -0.25) is 9.59 Å². The van der Waals surface area contributed by atoms with E-state index in [1.54, 1.807) is 25.2 Å². The molecule has 1 saturated heterocycles. The summed E-state index contributed by atoms with van der Waals surface area (Å²) in [7, 11) is 1.58. The fourth-order valence-corrected chi connectivity index (χ4v) is 4.26. The van der Waals surface area contributed by atoms with Crippen LogP contribution in [0, 0.1) is 0 Å². The highest BCUT2D eigenvalue weighted by atomic mass is 16.6. The number of nitrogens with zero attached hydrogens (tertiary/aromatic N) is 3. The maximum atomic E-state index is 13.4. The Kier molecular flexibility index (Phi) is 4.97. The Balaban J connectivity index is 1.36. The van der Waals surface area contributed by atoms with Crippen LogP contribution in [0.25, 0.3) is 10.8 Å². The number of ether oxygens (including phenoxy) is 2. The summed E-state index contributed by atoms with van der Waals surface area (Å²) in [4.78, 5) is 27.6. The zero-order valence-corrected chi connectivity index (χ0v) is 17.3. The number of anilines is 1. The number of carbonyl (C=O) groups excluding carboxylic acids is 1. The zero-order chi connectivity index (χ0) is 21.4. The fraction of sp³-hybridized carbons (Fsp3) is 0.348. The van der Waals surface area contributed by atoms with Crippen LogP contribution in [0.5, 0.6) is 11.5 Å². The highest BCUT2D eigenvalue weighted by Gasteiger charge is 2.27. The summed E-state index contributed by atoms with van der Waals surface area (Å²) in [5, 5.41) is 8.92. The highest BCUT2D eigenvalue weighted by molar-refractivity contribution is 6.04. The molecule has 2 aliphatic rings. The standard InChI is InChI=1S/C23H24N4O4/c1-26-22(28)18-7-3-2-6-17(18)21(25-26)23(29)27-10-4-5-16(14-27)24-15-8-9-19-20(13-15)31-12-11-30-19/h2-3,6-9,13,16,24H,4-5,10-12,14H2,1H3. The number of aryl methyl sites for hydroxylation is 1. The predicted molar refractivity (Wildman–Crippen MR) is 117 cm³/mol. The van der Waals surface area contributed by atoms with Crippen molar-refractivity contribution in [3.8, 4) is 11.5 Å². The lowest BCUT2D eigenvalue weighted by Gasteiger charge is -2.34. The number of hydrogen-bond acceptors (Lipinski definition) is 6. The Morgan fingerprint density at radius 1 is 1.10 bits per heavy atom. The second-order valence-electron chi connectivity index (χ2n) is 7.92. The summed E-state index contributed by atoms with van der Waals surface area (Å²) >= 11 is 0. The molecule has 0 bridgehead atoms. The average Bonchev–Trinajstić information content (AvgIpc) is 2.81. The molecule has 1 N–H and O–H groups in total. The maximum Gasteiger partial charge on any atom is 0.275 e. The van der Waals surface area contributed by atoms with Crippen LogP contribution in [0.1, 0.15) is 23.3 Å². The molecular weight excluding hydrogens is 396 g/mol. The van der Waals surface area contributed by atoms with Gasteiger partial charge in [-0.15, -0.1) is 0 Å². The summed E-state index contributed by atoms with van der Waals surface area (Å²) in [6, 6.07) is 13.1. The molecule has 1 aromatic heterocycles. The summed E-state index contributed by atoms with van der Waals surface area (Å²) < 4.78 is 12.5. The lowest BCUT2D eigenvalue weighted by molar-refractivity contribution is 0.0708. The first-order valence-electron chi connectivity index (χ1n) is 10.5. The number of nitrogens with one attached hydrogen (secondary N) is 1. The fourth-order valence-electron chi connectivity index (χ4n) is 4.26. The summed E-state index contributed by atoms with van der Waals surface area (Å²) in [6.07, 6.45) is 1.84. The van der Waals surface area contributed by atoms with Crippen molar-refractivity contribution in [1.29, 1.82) is 0 Å². The normalized spacial score (nSPS) is 18.1. The summed E-state index contributed by atoms with van der Waals surface area (Å²) in [5.74, 6) is 1.34. The molecule has 1 unspecified atom stereocenters. The van der Waals surface area contributed by atoms with Crippen LogP contribution in [-0.4, -0.2) is 52.9 Å². The molecule has 0 spiro atoms. The van der Waals surface area contributed by atoms with Crippen LogP contribution < -0.4 is 20.3 Å². The number of fused-ring (bicyclic) bond motifs is 2. The Labute approximate surface area is 179 Å². The highest BCUT2D eigenvalue weighted by Crippen LogP contribution is 2.33. The second kappa shape index (κ2) is 7.94. The van der Waals surface area contributed by atoms with E-state index in [0.717, 1.165) is 30.0 Å². The monoisotopic (exact) mass is 420 g/mol. The molecule has 0 radical (unpaired) electrons. The first-order chi connectivity index (χ1) is 15.1. The van der Waals surface area contributed by atoms with Crippen molar-refractivity contribution >= 4 is 22.4 Å². The van der Waals surface area contributed by atoms with Gasteiger partial charge in [-0.2, -0.15) is 5.10 Å². The molecule has 8 heteroatoms. The van der Waals surface area contributed by atoms with Gasteiger partial charge in [-0.1, -0.05) is 18.2 Å².